The summed E-state index contributed by atoms with van der Waals surface area (Å²) < 4.78 is 28.6. The summed E-state index contributed by atoms with van der Waals surface area (Å²) in [5.74, 6) is -1.57. The van der Waals surface area contributed by atoms with Gasteiger partial charge in [-0.05, 0) is 19.1 Å². The molecule has 1 aromatic carbocycles. The number of methoxy groups -OCH3 is 1. The number of esters is 1. The molecule has 2 aromatic rings. The zero-order chi connectivity index (χ0) is 13.8. The molecule has 0 N–H and O–H groups in total. The van der Waals surface area contributed by atoms with Gasteiger partial charge in [0.05, 0.1) is 13.7 Å². The van der Waals surface area contributed by atoms with E-state index in [2.05, 4.69) is 10.2 Å². The maximum absolute atomic E-state index is 13.8. The van der Waals surface area contributed by atoms with Crippen LogP contribution in [-0.2, 0) is 4.74 Å². The van der Waals surface area contributed by atoms with E-state index < -0.39 is 11.8 Å². The van der Waals surface area contributed by atoms with Crippen LogP contribution in [0.4, 0.5) is 4.39 Å². The van der Waals surface area contributed by atoms with Gasteiger partial charge in [-0.15, -0.1) is 10.2 Å². The second-order valence-electron chi connectivity index (χ2n) is 3.45. The third-order valence-electron chi connectivity index (χ3n) is 2.28. The first-order valence-electron chi connectivity index (χ1n) is 5.50. The lowest BCUT2D eigenvalue weighted by molar-refractivity contribution is 0.0481. The van der Waals surface area contributed by atoms with Gasteiger partial charge in [-0.3, -0.25) is 0 Å². The highest BCUT2D eigenvalue weighted by Gasteiger charge is 2.21. The average molecular weight is 266 g/mol. The van der Waals surface area contributed by atoms with Crippen molar-refractivity contribution in [2.45, 2.75) is 6.92 Å². The van der Waals surface area contributed by atoms with E-state index in [0.717, 1.165) is 0 Å². The van der Waals surface area contributed by atoms with Crippen LogP contribution in [0.3, 0.4) is 0 Å². The number of carbonyl (C=O) groups excluding carboxylic acids is 1. The fourth-order valence-electron chi connectivity index (χ4n) is 1.48. The van der Waals surface area contributed by atoms with Crippen molar-refractivity contribution >= 4 is 5.97 Å². The van der Waals surface area contributed by atoms with Crippen LogP contribution in [-0.4, -0.2) is 29.9 Å². The minimum atomic E-state index is -0.753. The molecule has 0 spiro atoms. The van der Waals surface area contributed by atoms with E-state index in [9.17, 15) is 9.18 Å². The van der Waals surface area contributed by atoms with Crippen LogP contribution in [0.1, 0.15) is 17.6 Å². The summed E-state index contributed by atoms with van der Waals surface area (Å²) in [6.45, 7) is 1.83. The van der Waals surface area contributed by atoms with Crippen LogP contribution in [0.25, 0.3) is 11.5 Å². The largest absolute Gasteiger partial charge is 0.496 e. The summed E-state index contributed by atoms with van der Waals surface area (Å²) >= 11 is 0. The lowest BCUT2D eigenvalue weighted by atomic mass is 10.2. The predicted octanol–water partition coefficient (Wildman–Crippen LogP) is 2.06. The molecule has 0 atom stereocenters. The summed E-state index contributed by atoms with van der Waals surface area (Å²) in [5.41, 5.74) is 0.00745. The number of rotatable bonds is 4. The van der Waals surface area contributed by atoms with Crippen molar-refractivity contribution in [2.75, 3.05) is 13.7 Å². The van der Waals surface area contributed by atoms with E-state index in [-0.39, 0.29) is 29.7 Å². The second-order valence-corrected chi connectivity index (χ2v) is 3.45. The first-order chi connectivity index (χ1) is 9.17. The van der Waals surface area contributed by atoms with Gasteiger partial charge in [0, 0.05) is 0 Å². The molecule has 0 radical (unpaired) electrons. The molecule has 2 rings (SSSR count). The Hall–Kier alpha value is -2.44. The SMILES string of the molecule is CCOC(=O)c1nnc(-c2c(F)cccc2OC)o1. The Kier molecular flexibility index (Phi) is 3.74. The van der Waals surface area contributed by atoms with E-state index in [1.165, 1.54) is 19.2 Å². The Morgan fingerprint density at radius 2 is 2.21 bits per heavy atom. The summed E-state index contributed by atoms with van der Waals surface area (Å²) in [5, 5.41) is 7.14. The third-order valence-corrected chi connectivity index (χ3v) is 2.28. The Bertz CT molecular complexity index is 597. The number of benzene rings is 1. The van der Waals surface area contributed by atoms with Gasteiger partial charge in [-0.2, -0.15) is 0 Å². The molecule has 19 heavy (non-hydrogen) atoms. The normalized spacial score (nSPS) is 10.3. The second kappa shape index (κ2) is 5.47. The molecule has 0 fully saturated rings. The average Bonchev–Trinajstić information content (AvgIpc) is 2.88. The number of halogens is 1. The molecule has 0 bridgehead atoms. The molecular weight excluding hydrogens is 255 g/mol. The maximum Gasteiger partial charge on any atom is 0.396 e. The number of nitrogens with zero attached hydrogens (tertiary/aromatic N) is 2. The highest BCUT2D eigenvalue weighted by Crippen LogP contribution is 2.31. The van der Waals surface area contributed by atoms with Crippen molar-refractivity contribution < 1.29 is 23.1 Å². The van der Waals surface area contributed by atoms with Gasteiger partial charge >= 0.3 is 11.9 Å². The molecule has 0 aliphatic rings. The molecule has 1 aromatic heterocycles. The van der Waals surface area contributed by atoms with Crippen molar-refractivity contribution in [2.24, 2.45) is 0 Å². The van der Waals surface area contributed by atoms with Gasteiger partial charge in [-0.1, -0.05) is 6.07 Å². The topological polar surface area (TPSA) is 74.5 Å². The Balaban J connectivity index is 2.41. The lowest BCUT2D eigenvalue weighted by Crippen LogP contribution is -2.04. The number of hydrogen-bond acceptors (Lipinski definition) is 6. The minimum absolute atomic E-state index is 0.00745. The number of aromatic nitrogens is 2. The zero-order valence-electron chi connectivity index (χ0n) is 10.3. The minimum Gasteiger partial charge on any atom is -0.496 e. The van der Waals surface area contributed by atoms with Crippen LogP contribution in [0.2, 0.25) is 0 Å². The molecule has 0 unspecified atom stereocenters. The molecule has 100 valence electrons. The highest BCUT2D eigenvalue weighted by molar-refractivity contribution is 5.84. The standard InChI is InChI=1S/C12H11FN2O4/c1-3-18-12(16)11-15-14-10(19-11)9-7(13)5-4-6-8(9)17-2/h4-6H,3H2,1-2H3. The van der Waals surface area contributed by atoms with E-state index in [4.69, 9.17) is 13.9 Å². The third kappa shape index (κ3) is 2.54. The molecule has 0 saturated heterocycles. The molecule has 0 amide bonds. The summed E-state index contributed by atoms with van der Waals surface area (Å²) in [7, 11) is 1.39. The van der Waals surface area contributed by atoms with Crippen LogP contribution < -0.4 is 4.74 Å². The van der Waals surface area contributed by atoms with Crippen LogP contribution in [0.5, 0.6) is 5.75 Å². The molecule has 1 heterocycles. The van der Waals surface area contributed by atoms with Crippen molar-refractivity contribution in [3.8, 4) is 17.2 Å². The van der Waals surface area contributed by atoms with Gasteiger partial charge in [0.15, 0.2) is 0 Å². The summed E-state index contributed by atoms with van der Waals surface area (Å²) in [6.07, 6.45) is 0. The fraction of sp³-hybridized carbons (Fsp3) is 0.250. The molecule has 0 aliphatic carbocycles. The van der Waals surface area contributed by atoms with Crippen LogP contribution in [0, 0.1) is 5.82 Å². The van der Waals surface area contributed by atoms with Crippen molar-refractivity contribution in [1.29, 1.82) is 0 Å². The number of ether oxygens (including phenoxy) is 2. The quantitative estimate of drug-likeness (QED) is 0.788. The summed E-state index contributed by atoms with van der Waals surface area (Å²) in [4.78, 5) is 11.4. The van der Waals surface area contributed by atoms with Crippen molar-refractivity contribution in [3.63, 3.8) is 0 Å². The van der Waals surface area contributed by atoms with Crippen molar-refractivity contribution in [1.82, 2.24) is 10.2 Å². The van der Waals surface area contributed by atoms with E-state index >= 15 is 0 Å². The number of hydrogen-bond donors (Lipinski definition) is 0. The first-order valence-corrected chi connectivity index (χ1v) is 5.50. The lowest BCUT2D eigenvalue weighted by Gasteiger charge is -2.04. The van der Waals surface area contributed by atoms with Crippen LogP contribution in [0.15, 0.2) is 22.6 Å². The maximum atomic E-state index is 13.8. The molecule has 6 nitrogen and oxygen atoms in total. The van der Waals surface area contributed by atoms with E-state index in [0.29, 0.717) is 0 Å². The van der Waals surface area contributed by atoms with Gasteiger partial charge in [-0.25, -0.2) is 9.18 Å². The molecular formula is C12H11FN2O4. The predicted molar refractivity (Wildman–Crippen MR) is 62.2 cm³/mol. The van der Waals surface area contributed by atoms with E-state index in [1.807, 2.05) is 0 Å². The fourth-order valence-corrected chi connectivity index (χ4v) is 1.48. The molecule has 0 saturated carbocycles. The van der Waals surface area contributed by atoms with Gasteiger partial charge < -0.3 is 13.9 Å². The van der Waals surface area contributed by atoms with Gasteiger partial charge in [0.1, 0.15) is 17.1 Å². The number of carbonyl (C=O) groups is 1. The first kappa shape index (κ1) is 13.0. The van der Waals surface area contributed by atoms with Gasteiger partial charge in [0.25, 0.3) is 5.89 Å². The van der Waals surface area contributed by atoms with Gasteiger partial charge in [0.2, 0.25) is 0 Å². The van der Waals surface area contributed by atoms with Crippen LogP contribution >= 0.6 is 0 Å². The van der Waals surface area contributed by atoms with E-state index in [1.54, 1.807) is 13.0 Å². The molecule has 7 heteroatoms. The summed E-state index contributed by atoms with van der Waals surface area (Å²) in [6, 6.07) is 4.26. The Morgan fingerprint density at radius 3 is 2.89 bits per heavy atom. The molecule has 0 aliphatic heterocycles. The van der Waals surface area contributed by atoms with Crippen molar-refractivity contribution in [3.05, 3.63) is 29.9 Å². The monoisotopic (exact) mass is 266 g/mol. The zero-order valence-corrected chi connectivity index (χ0v) is 10.3. The smallest absolute Gasteiger partial charge is 0.396 e. The Morgan fingerprint density at radius 1 is 1.42 bits per heavy atom. The Labute approximate surface area is 108 Å². The highest BCUT2D eigenvalue weighted by atomic mass is 19.1.